The lowest BCUT2D eigenvalue weighted by Gasteiger charge is -2.21. The molecule has 0 saturated heterocycles. The van der Waals surface area contributed by atoms with E-state index in [0.717, 1.165) is 13.8 Å². The van der Waals surface area contributed by atoms with E-state index in [0.29, 0.717) is 17.8 Å². The summed E-state index contributed by atoms with van der Waals surface area (Å²) in [5, 5.41) is 11.3. The van der Waals surface area contributed by atoms with E-state index in [1.165, 1.54) is 0 Å². The van der Waals surface area contributed by atoms with Crippen LogP contribution in [0.25, 0.3) is 0 Å². The topological polar surface area (TPSA) is 40.5 Å². The second-order valence-electron chi connectivity index (χ2n) is 4.08. The van der Waals surface area contributed by atoms with Crippen molar-refractivity contribution in [3.63, 3.8) is 0 Å². The van der Waals surface area contributed by atoms with E-state index in [1.54, 1.807) is 23.5 Å². The second-order valence-corrected chi connectivity index (χ2v) is 7.29. The summed E-state index contributed by atoms with van der Waals surface area (Å²) in [4.78, 5) is 13.2. The molecule has 0 amide bonds. The van der Waals surface area contributed by atoms with Crippen LogP contribution >= 0.6 is 43.2 Å². The van der Waals surface area contributed by atoms with E-state index in [-0.39, 0.29) is 0 Å². The Morgan fingerprint density at radius 2 is 2.11 bits per heavy atom. The number of aromatic carboxylic acids is 1. The molecule has 0 saturated carbocycles. The lowest BCUT2D eigenvalue weighted by molar-refractivity contribution is 0.0697. The summed E-state index contributed by atoms with van der Waals surface area (Å²) in [6, 6.07) is 7.22. The van der Waals surface area contributed by atoms with Gasteiger partial charge in [-0.2, -0.15) is 0 Å². The summed E-state index contributed by atoms with van der Waals surface area (Å²) < 4.78 is 1.94. The molecule has 19 heavy (non-hydrogen) atoms. The maximum atomic E-state index is 11.2. The highest BCUT2D eigenvalue weighted by Crippen LogP contribution is 2.27. The Labute approximate surface area is 132 Å². The maximum absolute atomic E-state index is 11.2. The monoisotopic (exact) mass is 403 g/mol. The number of nitrogens with zero attached hydrogens (tertiary/aromatic N) is 1. The molecule has 3 nitrogen and oxygen atoms in total. The van der Waals surface area contributed by atoms with Gasteiger partial charge in [0.2, 0.25) is 0 Å². The second kappa shape index (κ2) is 6.07. The van der Waals surface area contributed by atoms with E-state index in [1.807, 2.05) is 24.1 Å². The molecule has 100 valence electrons. The lowest BCUT2D eigenvalue weighted by atomic mass is 10.1. The van der Waals surface area contributed by atoms with Crippen molar-refractivity contribution in [2.75, 3.05) is 11.9 Å². The van der Waals surface area contributed by atoms with E-state index in [2.05, 4.69) is 37.2 Å². The highest BCUT2D eigenvalue weighted by atomic mass is 79.9. The summed E-state index contributed by atoms with van der Waals surface area (Å²) in [5.74, 6) is -0.916. The molecule has 0 aliphatic rings. The highest BCUT2D eigenvalue weighted by molar-refractivity contribution is 9.11. The SMILES string of the molecule is CN(Cc1csc(Br)c1)c1cc(Br)ccc1C(=O)O. The van der Waals surface area contributed by atoms with Crippen LogP contribution in [0.15, 0.2) is 37.9 Å². The highest BCUT2D eigenvalue weighted by Gasteiger charge is 2.14. The molecular weight excluding hydrogens is 394 g/mol. The fourth-order valence-corrected chi connectivity index (χ4v) is 3.34. The first-order chi connectivity index (χ1) is 8.97. The first-order valence-electron chi connectivity index (χ1n) is 5.44. The Bertz CT molecular complexity index is 612. The van der Waals surface area contributed by atoms with Gasteiger partial charge in [0, 0.05) is 18.1 Å². The summed E-state index contributed by atoms with van der Waals surface area (Å²) in [6.45, 7) is 0.666. The van der Waals surface area contributed by atoms with Gasteiger partial charge in [-0.1, -0.05) is 15.9 Å². The third-order valence-electron chi connectivity index (χ3n) is 2.64. The van der Waals surface area contributed by atoms with Crippen molar-refractivity contribution < 1.29 is 9.90 Å². The van der Waals surface area contributed by atoms with Gasteiger partial charge in [-0.25, -0.2) is 4.79 Å². The van der Waals surface area contributed by atoms with Crippen LogP contribution in [0.4, 0.5) is 5.69 Å². The molecule has 0 bridgehead atoms. The van der Waals surface area contributed by atoms with Gasteiger partial charge in [0.05, 0.1) is 15.0 Å². The van der Waals surface area contributed by atoms with Gasteiger partial charge in [0.15, 0.2) is 0 Å². The minimum Gasteiger partial charge on any atom is -0.478 e. The number of carboxylic acid groups (broad SMARTS) is 1. The summed E-state index contributed by atoms with van der Waals surface area (Å²) in [5.41, 5.74) is 2.15. The van der Waals surface area contributed by atoms with Gasteiger partial charge in [-0.3, -0.25) is 0 Å². The van der Waals surface area contributed by atoms with E-state index < -0.39 is 5.97 Å². The predicted molar refractivity (Wildman–Crippen MR) is 85.2 cm³/mol. The fourth-order valence-electron chi connectivity index (χ4n) is 1.79. The first kappa shape index (κ1) is 14.6. The molecule has 6 heteroatoms. The largest absolute Gasteiger partial charge is 0.478 e. The molecule has 0 atom stereocenters. The number of carboxylic acids is 1. The molecular formula is C13H11Br2NO2S. The van der Waals surface area contributed by atoms with Gasteiger partial charge < -0.3 is 10.0 Å². The minimum absolute atomic E-state index is 0.306. The van der Waals surface area contributed by atoms with Crippen molar-refractivity contribution in [2.45, 2.75) is 6.54 Å². The number of rotatable bonds is 4. The van der Waals surface area contributed by atoms with Crippen LogP contribution < -0.4 is 4.90 Å². The van der Waals surface area contributed by atoms with Crippen LogP contribution in [0.5, 0.6) is 0 Å². The van der Waals surface area contributed by atoms with Crippen LogP contribution in [0, 0.1) is 0 Å². The van der Waals surface area contributed by atoms with Crippen molar-refractivity contribution in [2.24, 2.45) is 0 Å². The van der Waals surface area contributed by atoms with Crippen LogP contribution in [0.1, 0.15) is 15.9 Å². The van der Waals surface area contributed by atoms with Gasteiger partial charge in [-0.05, 0) is 51.1 Å². The molecule has 0 aliphatic heterocycles. The van der Waals surface area contributed by atoms with Gasteiger partial charge >= 0.3 is 5.97 Å². The Morgan fingerprint density at radius 1 is 1.37 bits per heavy atom. The molecule has 0 aliphatic carbocycles. The minimum atomic E-state index is -0.916. The quantitative estimate of drug-likeness (QED) is 0.808. The van der Waals surface area contributed by atoms with E-state index in [9.17, 15) is 9.90 Å². The third kappa shape index (κ3) is 3.58. The molecule has 1 aromatic heterocycles. The Balaban J connectivity index is 2.29. The zero-order valence-corrected chi connectivity index (χ0v) is 14.0. The van der Waals surface area contributed by atoms with Crippen LogP contribution in [0.3, 0.4) is 0 Å². The van der Waals surface area contributed by atoms with E-state index in [4.69, 9.17) is 0 Å². The Morgan fingerprint density at radius 3 is 2.68 bits per heavy atom. The van der Waals surface area contributed by atoms with Crippen molar-refractivity contribution in [3.05, 3.63) is 49.0 Å². The molecule has 2 rings (SSSR count). The van der Waals surface area contributed by atoms with Crippen molar-refractivity contribution >= 4 is 54.9 Å². The normalized spacial score (nSPS) is 10.5. The number of hydrogen-bond acceptors (Lipinski definition) is 3. The number of halogens is 2. The van der Waals surface area contributed by atoms with Crippen LogP contribution in [-0.4, -0.2) is 18.1 Å². The van der Waals surface area contributed by atoms with Gasteiger partial charge in [0.25, 0.3) is 0 Å². The predicted octanol–water partition coefficient (Wildman–Crippen LogP) is 4.61. The number of hydrogen-bond donors (Lipinski definition) is 1. The van der Waals surface area contributed by atoms with Crippen molar-refractivity contribution in [1.82, 2.24) is 0 Å². The average molecular weight is 405 g/mol. The van der Waals surface area contributed by atoms with Crippen molar-refractivity contribution in [3.8, 4) is 0 Å². The molecule has 0 unspecified atom stereocenters. The maximum Gasteiger partial charge on any atom is 0.337 e. The number of thiophene rings is 1. The molecule has 0 spiro atoms. The molecule has 0 fully saturated rings. The molecule has 0 radical (unpaired) electrons. The Kier molecular flexibility index (Phi) is 4.65. The number of anilines is 1. The fraction of sp³-hybridized carbons (Fsp3) is 0.154. The lowest BCUT2D eigenvalue weighted by Crippen LogP contribution is -2.19. The standard InChI is InChI=1S/C13H11Br2NO2S/c1-16(6-8-4-12(15)19-7-8)11-5-9(14)2-3-10(11)13(17)18/h2-5,7H,6H2,1H3,(H,17,18). The molecule has 1 heterocycles. The van der Waals surface area contributed by atoms with Gasteiger partial charge in [-0.15, -0.1) is 11.3 Å². The van der Waals surface area contributed by atoms with Gasteiger partial charge in [0.1, 0.15) is 0 Å². The Hall–Kier alpha value is -0.850. The van der Waals surface area contributed by atoms with Crippen LogP contribution in [-0.2, 0) is 6.54 Å². The van der Waals surface area contributed by atoms with E-state index >= 15 is 0 Å². The zero-order valence-electron chi connectivity index (χ0n) is 10.1. The number of benzene rings is 1. The average Bonchev–Trinajstić information content (AvgIpc) is 2.74. The zero-order chi connectivity index (χ0) is 14.0. The summed E-state index contributed by atoms with van der Waals surface area (Å²) in [7, 11) is 1.89. The van der Waals surface area contributed by atoms with Crippen molar-refractivity contribution in [1.29, 1.82) is 0 Å². The molecule has 1 N–H and O–H groups in total. The third-order valence-corrected chi connectivity index (χ3v) is 4.69. The molecule has 1 aromatic carbocycles. The first-order valence-corrected chi connectivity index (χ1v) is 7.91. The summed E-state index contributed by atoms with van der Waals surface area (Å²) >= 11 is 8.42. The molecule has 2 aromatic rings. The smallest absolute Gasteiger partial charge is 0.337 e. The summed E-state index contributed by atoms with van der Waals surface area (Å²) in [6.07, 6.45) is 0. The number of carbonyl (C=O) groups is 1. The van der Waals surface area contributed by atoms with Crippen LogP contribution in [0.2, 0.25) is 0 Å².